The molecule has 19 heavy (non-hydrogen) atoms. The predicted octanol–water partition coefficient (Wildman–Crippen LogP) is 1.60. The summed E-state index contributed by atoms with van der Waals surface area (Å²) in [6.45, 7) is 8.78. The minimum Gasteiger partial charge on any atom is -0.464 e. The zero-order valence-corrected chi connectivity index (χ0v) is 12.4. The van der Waals surface area contributed by atoms with E-state index in [0.29, 0.717) is 0 Å². The van der Waals surface area contributed by atoms with E-state index in [1.165, 1.54) is 6.92 Å². The fourth-order valence-electron chi connectivity index (χ4n) is 1.22. The van der Waals surface area contributed by atoms with Crippen molar-refractivity contribution in [1.82, 2.24) is 5.32 Å². The Morgan fingerprint density at radius 3 is 2.32 bits per heavy atom. The van der Waals surface area contributed by atoms with Crippen LogP contribution in [0.25, 0.3) is 0 Å². The van der Waals surface area contributed by atoms with Gasteiger partial charge in [-0.3, -0.25) is 0 Å². The normalized spacial score (nSPS) is 14.4. The Morgan fingerprint density at radius 2 is 1.89 bits per heavy atom. The van der Waals surface area contributed by atoms with Crippen LogP contribution in [0.4, 0.5) is 4.79 Å². The summed E-state index contributed by atoms with van der Waals surface area (Å²) in [5.41, 5.74) is -0.667. The van der Waals surface area contributed by atoms with Gasteiger partial charge >= 0.3 is 12.1 Å². The number of rotatable bonds is 6. The van der Waals surface area contributed by atoms with E-state index < -0.39 is 29.8 Å². The number of hydrogen-bond acceptors (Lipinski definition) is 5. The second kappa shape index (κ2) is 7.99. The fourth-order valence-corrected chi connectivity index (χ4v) is 1.22. The van der Waals surface area contributed by atoms with Crippen molar-refractivity contribution in [2.75, 3.05) is 6.61 Å². The summed E-state index contributed by atoms with van der Waals surface area (Å²) < 4.78 is 9.99. The van der Waals surface area contributed by atoms with Crippen molar-refractivity contribution in [3.05, 3.63) is 0 Å². The summed E-state index contributed by atoms with van der Waals surface area (Å²) in [7, 11) is 0. The molecular weight excluding hydrogens is 250 g/mol. The van der Waals surface area contributed by atoms with Crippen LogP contribution < -0.4 is 5.32 Å². The molecule has 0 saturated heterocycles. The molecule has 0 saturated carbocycles. The lowest BCUT2D eigenvalue weighted by Gasteiger charge is -2.24. The SMILES string of the molecule is CCCCOC(=O)C(NC(=O)OC(C)(C)C)C(C)O. The second-order valence-electron chi connectivity index (χ2n) is 5.39. The first kappa shape index (κ1) is 17.7. The molecule has 0 spiro atoms. The van der Waals surface area contributed by atoms with Gasteiger partial charge in [0.25, 0.3) is 0 Å². The van der Waals surface area contributed by atoms with Crippen molar-refractivity contribution < 1.29 is 24.2 Å². The highest BCUT2D eigenvalue weighted by Crippen LogP contribution is 2.08. The Bertz CT molecular complexity index is 296. The Labute approximate surface area is 114 Å². The third-order valence-corrected chi connectivity index (χ3v) is 2.15. The van der Waals surface area contributed by atoms with E-state index in [2.05, 4.69) is 5.32 Å². The molecule has 0 aliphatic carbocycles. The average Bonchev–Trinajstić information content (AvgIpc) is 2.23. The van der Waals surface area contributed by atoms with Gasteiger partial charge in [0.2, 0.25) is 0 Å². The van der Waals surface area contributed by atoms with Crippen LogP contribution >= 0.6 is 0 Å². The molecule has 112 valence electrons. The van der Waals surface area contributed by atoms with E-state index in [0.717, 1.165) is 12.8 Å². The number of alkyl carbamates (subject to hydrolysis) is 1. The lowest BCUT2D eigenvalue weighted by Crippen LogP contribution is -2.50. The number of aliphatic hydroxyl groups is 1. The van der Waals surface area contributed by atoms with Crippen molar-refractivity contribution in [2.24, 2.45) is 0 Å². The summed E-state index contributed by atoms with van der Waals surface area (Å²) in [5.74, 6) is -0.658. The third kappa shape index (κ3) is 8.42. The van der Waals surface area contributed by atoms with E-state index in [-0.39, 0.29) is 6.61 Å². The molecule has 2 unspecified atom stereocenters. The van der Waals surface area contributed by atoms with Crippen LogP contribution in [-0.4, -0.2) is 41.5 Å². The molecule has 0 aliphatic rings. The van der Waals surface area contributed by atoms with Gasteiger partial charge in [0.05, 0.1) is 12.7 Å². The molecule has 0 aromatic carbocycles. The highest BCUT2D eigenvalue weighted by atomic mass is 16.6. The molecular formula is C13H25NO5. The van der Waals surface area contributed by atoms with Crippen molar-refractivity contribution >= 4 is 12.1 Å². The van der Waals surface area contributed by atoms with E-state index in [1.807, 2.05) is 6.92 Å². The highest BCUT2D eigenvalue weighted by Gasteiger charge is 2.29. The Hall–Kier alpha value is -1.30. The minimum atomic E-state index is -1.12. The van der Waals surface area contributed by atoms with Crippen LogP contribution in [0.5, 0.6) is 0 Å². The summed E-state index contributed by atoms with van der Waals surface area (Å²) in [6, 6.07) is -1.12. The number of esters is 1. The number of unbranched alkanes of at least 4 members (excludes halogenated alkanes) is 1. The molecule has 6 nitrogen and oxygen atoms in total. The largest absolute Gasteiger partial charge is 0.464 e. The number of amides is 1. The Kier molecular flexibility index (Phi) is 7.44. The molecule has 0 fully saturated rings. The smallest absolute Gasteiger partial charge is 0.408 e. The average molecular weight is 275 g/mol. The van der Waals surface area contributed by atoms with Crippen LogP contribution in [0.3, 0.4) is 0 Å². The zero-order valence-electron chi connectivity index (χ0n) is 12.4. The maximum Gasteiger partial charge on any atom is 0.408 e. The first-order valence-corrected chi connectivity index (χ1v) is 6.51. The standard InChI is InChI=1S/C13H25NO5/c1-6-7-8-18-11(16)10(9(2)15)14-12(17)19-13(3,4)5/h9-10,15H,6-8H2,1-5H3,(H,14,17). The van der Waals surface area contributed by atoms with Gasteiger partial charge in [-0.15, -0.1) is 0 Å². The molecule has 0 heterocycles. The predicted molar refractivity (Wildman–Crippen MR) is 70.7 cm³/mol. The monoisotopic (exact) mass is 275 g/mol. The van der Waals surface area contributed by atoms with Gasteiger partial charge in [0.1, 0.15) is 5.60 Å². The van der Waals surface area contributed by atoms with Crippen molar-refractivity contribution in [2.45, 2.75) is 65.2 Å². The minimum absolute atomic E-state index is 0.272. The van der Waals surface area contributed by atoms with Gasteiger partial charge in [-0.2, -0.15) is 0 Å². The van der Waals surface area contributed by atoms with E-state index in [4.69, 9.17) is 9.47 Å². The number of carbonyl (C=O) groups is 2. The molecule has 6 heteroatoms. The number of hydrogen-bond donors (Lipinski definition) is 2. The van der Waals surface area contributed by atoms with Gasteiger partial charge in [-0.25, -0.2) is 9.59 Å². The molecule has 0 aliphatic heterocycles. The van der Waals surface area contributed by atoms with Gasteiger partial charge in [0, 0.05) is 0 Å². The highest BCUT2D eigenvalue weighted by molar-refractivity contribution is 5.82. The van der Waals surface area contributed by atoms with Crippen LogP contribution in [0.15, 0.2) is 0 Å². The summed E-state index contributed by atoms with van der Waals surface area (Å²) >= 11 is 0. The molecule has 0 rings (SSSR count). The first-order chi connectivity index (χ1) is 8.67. The van der Waals surface area contributed by atoms with Crippen LogP contribution in [0.2, 0.25) is 0 Å². The van der Waals surface area contributed by atoms with Crippen LogP contribution in [0, 0.1) is 0 Å². The molecule has 0 bridgehead atoms. The van der Waals surface area contributed by atoms with Crippen LogP contribution in [-0.2, 0) is 14.3 Å². The van der Waals surface area contributed by atoms with Crippen molar-refractivity contribution in [3.8, 4) is 0 Å². The van der Waals surface area contributed by atoms with Crippen LogP contribution in [0.1, 0.15) is 47.5 Å². The quantitative estimate of drug-likeness (QED) is 0.568. The summed E-state index contributed by atoms with van der Waals surface area (Å²) in [4.78, 5) is 23.3. The van der Waals surface area contributed by atoms with Gasteiger partial charge < -0.3 is 19.9 Å². The molecule has 0 radical (unpaired) electrons. The maximum absolute atomic E-state index is 11.7. The third-order valence-electron chi connectivity index (χ3n) is 2.15. The van der Waals surface area contributed by atoms with Gasteiger partial charge in [-0.1, -0.05) is 13.3 Å². The summed E-state index contributed by atoms with van der Waals surface area (Å²) in [6.07, 6.45) is -0.177. The Morgan fingerprint density at radius 1 is 1.32 bits per heavy atom. The summed E-state index contributed by atoms with van der Waals surface area (Å²) in [5, 5.41) is 11.8. The van der Waals surface area contributed by atoms with E-state index in [1.54, 1.807) is 20.8 Å². The number of ether oxygens (including phenoxy) is 2. The molecule has 0 aromatic rings. The second-order valence-corrected chi connectivity index (χ2v) is 5.39. The van der Waals surface area contributed by atoms with E-state index >= 15 is 0 Å². The first-order valence-electron chi connectivity index (χ1n) is 6.51. The van der Waals surface area contributed by atoms with Gasteiger partial charge in [0.15, 0.2) is 6.04 Å². The molecule has 1 amide bonds. The number of aliphatic hydroxyl groups excluding tert-OH is 1. The van der Waals surface area contributed by atoms with E-state index in [9.17, 15) is 14.7 Å². The van der Waals surface area contributed by atoms with Crippen molar-refractivity contribution in [3.63, 3.8) is 0 Å². The number of nitrogens with one attached hydrogen (secondary N) is 1. The zero-order chi connectivity index (χ0) is 15.1. The molecule has 2 N–H and O–H groups in total. The number of carbonyl (C=O) groups excluding carboxylic acids is 2. The lowest BCUT2D eigenvalue weighted by atomic mass is 10.2. The maximum atomic E-state index is 11.7. The molecule has 2 atom stereocenters. The Balaban J connectivity index is 4.40. The topological polar surface area (TPSA) is 84.9 Å². The fraction of sp³-hybridized carbons (Fsp3) is 0.846. The van der Waals surface area contributed by atoms with Crippen molar-refractivity contribution in [1.29, 1.82) is 0 Å². The lowest BCUT2D eigenvalue weighted by molar-refractivity contribution is -0.149. The molecule has 0 aromatic heterocycles. The van der Waals surface area contributed by atoms with Gasteiger partial charge in [-0.05, 0) is 34.1 Å².